The summed E-state index contributed by atoms with van der Waals surface area (Å²) in [6, 6.07) is 0. The van der Waals surface area contributed by atoms with Crippen LogP contribution in [0.2, 0.25) is 0 Å². The van der Waals surface area contributed by atoms with Crippen molar-refractivity contribution in [1.29, 1.82) is 0 Å². The van der Waals surface area contributed by atoms with Gasteiger partial charge in [0.1, 0.15) is 5.82 Å². The van der Waals surface area contributed by atoms with Crippen LogP contribution in [0.25, 0.3) is 0 Å². The summed E-state index contributed by atoms with van der Waals surface area (Å²) in [6.07, 6.45) is 5.57. The molecule has 1 saturated heterocycles. The normalized spacial score (nSPS) is 28.7. The molecule has 1 atom stereocenters. The van der Waals surface area contributed by atoms with Gasteiger partial charge in [-0.25, -0.2) is 4.98 Å². The number of aromatic nitrogens is 2. The van der Waals surface area contributed by atoms with Crippen molar-refractivity contribution in [2.75, 3.05) is 24.6 Å². The standard InChI is InChI=1S/C12H20N4OS/c13-12(8-17)4-1-5-16(7-12)11-14-10(15-18-11)6-9-2-3-9/h9,17H,1-8,13H2. The van der Waals surface area contributed by atoms with Gasteiger partial charge in [0.2, 0.25) is 5.13 Å². The van der Waals surface area contributed by atoms with E-state index in [0.717, 1.165) is 42.7 Å². The van der Waals surface area contributed by atoms with Gasteiger partial charge in [-0.05, 0) is 31.6 Å². The molecule has 2 fully saturated rings. The summed E-state index contributed by atoms with van der Waals surface area (Å²) < 4.78 is 4.43. The Hall–Kier alpha value is -0.720. The van der Waals surface area contributed by atoms with Gasteiger partial charge in [0.25, 0.3) is 0 Å². The second-order valence-electron chi connectivity index (χ2n) is 5.69. The van der Waals surface area contributed by atoms with E-state index >= 15 is 0 Å². The zero-order chi connectivity index (χ0) is 12.6. The van der Waals surface area contributed by atoms with Crippen LogP contribution in [0.4, 0.5) is 5.13 Å². The summed E-state index contributed by atoms with van der Waals surface area (Å²) in [6.45, 7) is 1.69. The van der Waals surface area contributed by atoms with Gasteiger partial charge in [0.15, 0.2) is 0 Å². The third-order valence-corrected chi connectivity index (χ3v) is 4.63. The lowest BCUT2D eigenvalue weighted by molar-refractivity contribution is 0.177. The Kier molecular flexibility index (Phi) is 3.25. The fourth-order valence-electron chi connectivity index (χ4n) is 2.49. The molecular formula is C12H20N4OS. The molecule has 3 N–H and O–H groups in total. The first kappa shape index (κ1) is 12.3. The maximum absolute atomic E-state index is 9.36. The van der Waals surface area contributed by atoms with Gasteiger partial charge in [-0.1, -0.05) is 0 Å². The van der Waals surface area contributed by atoms with E-state index in [1.807, 2.05) is 0 Å². The summed E-state index contributed by atoms with van der Waals surface area (Å²) in [7, 11) is 0. The molecule has 0 aromatic carbocycles. The summed E-state index contributed by atoms with van der Waals surface area (Å²) in [4.78, 5) is 6.78. The van der Waals surface area contributed by atoms with Gasteiger partial charge in [-0.3, -0.25) is 0 Å². The molecular weight excluding hydrogens is 248 g/mol. The fourth-order valence-corrected chi connectivity index (χ4v) is 3.21. The average molecular weight is 268 g/mol. The van der Waals surface area contributed by atoms with Gasteiger partial charge in [-0.2, -0.15) is 4.37 Å². The smallest absolute Gasteiger partial charge is 0.205 e. The van der Waals surface area contributed by atoms with E-state index in [2.05, 4.69) is 14.3 Å². The highest BCUT2D eigenvalue weighted by Gasteiger charge is 2.32. The summed E-state index contributed by atoms with van der Waals surface area (Å²) in [5, 5.41) is 10.3. The molecule has 0 radical (unpaired) electrons. The van der Waals surface area contributed by atoms with E-state index < -0.39 is 5.54 Å². The molecule has 2 aliphatic rings. The molecule has 1 unspecified atom stereocenters. The number of rotatable bonds is 4. The van der Waals surface area contributed by atoms with E-state index in [-0.39, 0.29) is 6.61 Å². The molecule has 100 valence electrons. The summed E-state index contributed by atoms with van der Waals surface area (Å²) in [5.41, 5.74) is 5.68. The van der Waals surface area contributed by atoms with Crippen LogP contribution in [0.15, 0.2) is 0 Å². The van der Waals surface area contributed by atoms with Gasteiger partial charge in [0, 0.05) is 31.0 Å². The zero-order valence-electron chi connectivity index (χ0n) is 10.5. The van der Waals surface area contributed by atoms with Crippen molar-refractivity contribution in [1.82, 2.24) is 9.36 Å². The van der Waals surface area contributed by atoms with Gasteiger partial charge in [-0.15, -0.1) is 0 Å². The third-order valence-electron chi connectivity index (χ3n) is 3.82. The SMILES string of the molecule is NC1(CO)CCCN(c2nc(CC3CC3)ns2)C1. The Balaban J connectivity index is 1.67. The number of hydrogen-bond acceptors (Lipinski definition) is 6. The Bertz CT molecular complexity index is 420. The molecule has 5 nitrogen and oxygen atoms in total. The van der Waals surface area contributed by atoms with Crippen LogP contribution >= 0.6 is 11.5 Å². The molecule has 18 heavy (non-hydrogen) atoms. The molecule has 1 aliphatic carbocycles. The summed E-state index contributed by atoms with van der Waals surface area (Å²) >= 11 is 1.46. The maximum Gasteiger partial charge on any atom is 0.205 e. The highest BCUT2D eigenvalue weighted by Crippen LogP contribution is 2.33. The van der Waals surface area contributed by atoms with E-state index in [0.29, 0.717) is 6.54 Å². The van der Waals surface area contributed by atoms with Crippen molar-refractivity contribution in [3.8, 4) is 0 Å². The first-order chi connectivity index (χ1) is 8.68. The fraction of sp³-hybridized carbons (Fsp3) is 0.833. The number of aliphatic hydroxyl groups excluding tert-OH is 1. The quantitative estimate of drug-likeness (QED) is 0.844. The lowest BCUT2D eigenvalue weighted by Gasteiger charge is -2.38. The molecule has 0 bridgehead atoms. The zero-order valence-corrected chi connectivity index (χ0v) is 11.3. The molecule has 3 rings (SSSR count). The van der Waals surface area contributed by atoms with Crippen molar-refractivity contribution in [3.05, 3.63) is 5.82 Å². The Morgan fingerprint density at radius 1 is 1.50 bits per heavy atom. The monoisotopic (exact) mass is 268 g/mol. The number of hydrogen-bond donors (Lipinski definition) is 2. The number of nitrogens with zero attached hydrogens (tertiary/aromatic N) is 3. The van der Waals surface area contributed by atoms with Crippen LogP contribution in [-0.2, 0) is 6.42 Å². The topological polar surface area (TPSA) is 75.3 Å². The molecule has 2 heterocycles. The highest BCUT2D eigenvalue weighted by atomic mass is 32.1. The molecule has 0 spiro atoms. The number of aliphatic hydroxyl groups is 1. The van der Waals surface area contributed by atoms with E-state index in [9.17, 15) is 5.11 Å². The number of nitrogens with two attached hydrogens (primary N) is 1. The van der Waals surface area contributed by atoms with Crippen LogP contribution in [0.3, 0.4) is 0 Å². The molecule has 1 saturated carbocycles. The average Bonchev–Trinajstić information content (AvgIpc) is 3.05. The number of piperidine rings is 1. The van der Waals surface area contributed by atoms with Gasteiger partial charge < -0.3 is 15.7 Å². The molecule has 1 aromatic rings. The van der Waals surface area contributed by atoms with E-state index in [1.165, 1.54) is 24.4 Å². The molecule has 1 aliphatic heterocycles. The van der Waals surface area contributed by atoms with Gasteiger partial charge in [0.05, 0.1) is 12.1 Å². The third kappa shape index (κ3) is 2.65. The minimum Gasteiger partial charge on any atom is -0.394 e. The van der Waals surface area contributed by atoms with E-state index in [4.69, 9.17) is 5.73 Å². The Morgan fingerprint density at radius 2 is 2.33 bits per heavy atom. The predicted octanol–water partition coefficient (Wildman–Crippen LogP) is 0.781. The molecule has 0 amide bonds. The van der Waals surface area contributed by atoms with Crippen molar-refractivity contribution in [2.45, 2.75) is 37.6 Å². The van der Waals surface area contributed by atoms with Crippen molar-refractivity contribution in [3.63, 3.8) is 0 Å². The lowest BCUT2D eigenvalue weighted by atomic mass is 9.91. The van der Waals surface area contributed by atoms with Crippen LogP contribution in [0, 0.1) is 5.92 Å². The number of anilines is 1. The molecule has 1 aromatic heterocycles. The van der Waals surface area contributed by atoms with Crippen LogP contribution in [0.1, 0.15) is 31.5 Å². The van der Waals surface area contributed by atoms with Crippen LogP contribution < -0.4 is 10.6 Å². The lowest BCUT2D eigenvalue weighted by Crippen LogP contribution is -2.56. The first-order valence-electron chi connectivity index (χ1n) is 6.66. The maximum atomic E-state index is 9.36. The van der Waals surface area contributed by atoms with Crippen molar-refractivity contribution < 1.29 is 5.11 Å². The predicted molar refractivity (Wildman–Crippen MR) is 71.8 cm³/mol. The first-order valence-corrected chi connectivity index (χ1v) is 7.43. The van der Waals surface area contributed by atoms with Crippen molar-refractivity contribution in [2.24, 2.45) is 11.7 Å². The largest absolute Gasteiger partial charge is 0.394 e. The highest BCUT2D eigenvalue weighted by molar-refractivity contribution is 7.09. The molecule has 6 heteroatoms. The van der Waals surface area contributed by atoms with Gasteiger partial charge >= 0.3 is 0 Å². The Labute approximate surface area is 111 Å². The second kappa shape index (κ2) is 4.75. The van der Waals surface area contributed by atoms with Crippen molar-refractivity contribution >= 4 is 16.7 Å². The van der Waals surface area contributed by atoms with E-state index in [1.54, 1.807) is 0 Å². The minimum atomic E-state index is -0.472. The van der Waals surface area contributed by atoms with Crippen LogP contribution in [0.5, 0.6) is 0 Å². The van der Waals surface area contributed by atoms with Crippen LogP contribution in [-0.4, -0.2) is 39.7 Å². The Morgan fingerprint density at radius 3 is 3.06 bits per heavy atom. The summed E-state index contributed by atoms with van der Waals surface area (Å²) in [5.74, 6) is 1.80. The second-order valence-corrected chi connectivity index (χ2v) is 6.42. The minimum absolute atomic E-state index is 0.0389.